The monoisotopic (exact) mass is 324 g/mol. The van der Waals surface area contributed by atoms with E-state index in [1.807, 2.05) is 11.9 Å². The fourth-order valence-corrected chi connectivity index (χ4v) is 3.16. The quantitative estimate of drug-likeness (QED) is 0.471. The van der Waals surface area contributed by atoms with Crippen molar-refractivity contribution in [3.63, 3.8) is 0 Å². The third-order valence-electron chi connectivity index (χ3n) is 4.55. The molecule has 1 amide bonds. The van der Waals surface area contributed by atoms with Gasteiger partial charge in [0.15, 0.2) is 5.96 Å². The summed E-state index contributed by atoms with van der Waals surface area (Å²) in [6.45, 7) is 9.36. The lowest BCUT2D eigenvalue weighted by Gasteiger charge is -2.37. The standard InChI is InChI=1S/C17H32N4O2/c1-14(2)6-4-8-19-17(18-3)21-11-9-20(10-12-21)16(22)15-7-5-13-23-15/h14-15H,4-13H2,1-3H3,(H,18,19). The summed E-state index contributed by atoms with van der Waals surface area (Å²) >= 11 is 0. The molecule has 23 heavy (non-hydrogen) atoms. The highest BCUT2D eigenvalue weighted by Gasteiger charge is 2.30. The van der Waals surface area contributed by atoms with Crippen molar-refractivity contribution in [1.29, 1.82) is 0 Å². The molecule has 0 aromatic heterocycles. The lowest BCUT2D eigenvalue weighted by Crippen LogP contribution is -2.55. The predicted molar refractivity (Wildman–Crippen MR) is 92.6 cm³/mol. The zero-order chi connectivity index (χ0) is 16.7. The molecule has 0 spiro atoms. The van der Waals surface area contributed by atoms with Gasteiger partial charge in [-0.25, -0.2) is 0 Å². The molecule has 6 heteroatoms. The number of nitrogens with one attached hydrogen (secondary N) is 1. The van der Waals surface area contributed by atoms with Crippen LogP contribution >= 0.6 is 0 Å². The molecule has 132 valence electrons. The van der Waals surface area contributed by atoms with Gasteiger partial charge in [-0.2, -0.15) is 0 Å². The number of hydrogen-bond acceptors (Lipinski definition) is 3. The maximum absolute atomic E-state index is 12.4. The summed E-state index contributed by atoms with van der Waals surface area (Å²) in [5.41, 5.74) is 0. The first-order chi connectivity index (χ1) is 11.1. The van der Waals surface area contributed by atoms with Crippen LogP contribution in [0.3, 0.4) is 0 Å². The number of amides is 1. The second-order valence-corrected chi connectivity index (χ2v) is 6.82. The lowest BCUT2D eigenvalue weighted by atomic mass is 10.1. The van der Waals surface area contributed by atoms with Crippen LogP contribution in [0, 0.1) is 5.92 Å². The van der Waals surface area contributed by atoms with E-state index in [1.165, 1.54) is 6.42 Å². The van der Waals surface area contributed by atoms with Gasteiger partial charge in [-0.15, -0.1) is 0 Å². The first-order valence-corrected chi connectivity index (χ1v) is 8.97. The van der Waals surface area contributed by atoms with Crippen molar-refractivity contribution in [2.45, 2.75) is 45.6 Å². The topological polar surface area (TPSA) is 57.2 Å². The molecular formula is C17H32N4O2. The Labute approximate surface area is 140 Å². The first kappa shape index (κ1) is 18.0. The van der Waals surface area contributed by atoms with E-state index in [9.17, 15) is 4.79 Å². The van der Waals surface area contributed by atoms with E-state index in [4.69, 9.17) is 4.74 Å². The number of ether oxygens (including phenoxy) is 1. The van der Waals surface area contributed by atoms with Gasteiger partial charge in [-0.1, -0.05) is 13.8 Å². The minimum Gasteiger partial charge on any atom is -0.368 e. The molecule has 6 nitrogen and oxygen atoms in total. The number of carbonyl (C=O) groups excluding carboxylic acids is 1. The average molecular weight is 324 g/mol. The van der Waals surface area contributed by atoms with E-state index in [1.54, 1.807) is 0 Å². The molecule has 2 aliphatic rings. The Bertz CT molecular complexity index is 397. The van der Waals surface area contributed by atoms with Crippen LogP contribution in [-0.4, -0.2) is 74.1 Å². The maximum Gasteiger partial charge on any atom is 0.251 e. The highest BCUT2D eigenvalue weighted by molar-refractivity contribution is 5.82. The van der Waals surface area contributed by atoms with Crippen LogP contribution in [0.2, 0.25) is 0 Å². The number of nitrogens with zero attached hydrogens (tertiary/aromatic N) is 3. The van der Waals surface area contributed by atoms with Gasteiger partial charge in [0.2, 0.25) is 0 Å². The molecule has 0 saturated carbocycles. The summed E-state index contributed by atoms with van der Waals surface area (Å²) in [4.78, 5) is 20.9. The number of carbonyl (C=O) groups is 1. The zero-order valence-electron chi connectivity index (χ0n) is 14.9. The summed E-state index contributed by atoms with van der Waals surface area (Å²) in [6, 6.07) is 0. The minimum atomic E-state index is -0.199. The highest BCUT2D eigenvalue weighted by Crippen LogP contribution is 2.16. The van der Waals surface area contributed by atoms with Gasteiger partial charge in [0, 0.05) is 46.4 Å². The number of piperazine rings is 1. The van der Waals surface area contributed by atoms with Gasteiger partial charge in [0.25, 0.3) is 5.91 Å². The average Bonchev–Trinajstić information content (AvgIpc) is 3.09. The van der Waals surface area contributed by atoms with E-state index in [2.05, 4.69) is 29.1 Å². The van der Waals surface area contributed by atoms with Crippen molar-refractivity contribution in [2.24, 2.45) is 10.9 Å². The summed E-state index contributed by atoms with van der Waals surface area (Å²) in [5, 5.41) is 3.44. The van der Waals surface area contributed by atoms with Crippen LogP contribution in [0.4, 0.5) is 0 Å². The number of guanidine groups is 1. The van der Waals surface area contributed by atoms with Crippen LogP contribution in [0.5, 0.6) is 0 Å². The third-order valence-corrected chi connectivity index (χ3v) is 4.55. The number of rotatable bonds is 5. The van der Waals surface area contributed by atoms with Crippen LogP contribution in [0.25, 0.3) is 0 Å². The molecule has 1 N–H and O–H groups in total. The second-order valence-electron chi connectivity index (χ2n) is 6.82. The predicted octanol–water partition coefficient (Wildman–Crippen LogP) is 1.32. The van der Waals surface area contributed by atoms with Gasteiger partial charge in [0.1, 0.15) is 6.10 Å². The van der Waals surface area contributed by atoms with Crippen molar-refractivity contribution >= 4 is 11.9 Å². The molecular weight excluding hydrogens is 292 g/mol. The molecule has 2 aliphatic heterocycles. The third kappa shape index (κ3) is 5.37. The molecule has 0 aromatic carbocycles. The van der Waals surface area contributed by atoms with Gasteiger partial charge in [-0.3, -0.25) is 9.79 Å². The molecule has 2 heterocycles. The summed E-state index contributed by atoms with van der Waals surface area (Å²) in [5.74, 6) is 1.87. The molecule has 1 atom stereocenters. The Morgan fingerprint density at radius 2 is 1.96 bits per heavy atom. The largest absolute Gasteiger partial charge is 0.368 e. The SMILES string of the molecule is CN=C(NCCCC(C)C)N1CCN(C(=O)C2CCCO2)CC1. The van der Waals surface area contributed by atoms with Crippen LogP contribution in [-0.2, 0) is 9.53 Å². The van der Waals surface area contributed by atoms with E-state index in [-0.39, 0.29) is 12.0 Å². The first-order valence-electron chi connectivity index (χ1n) is 8.97. The second kappa shape index (κ2) is 9.11. The van der Waals surface area contributed by atoms with Crippen LogP contribution in [0.15, 0.2) is 4.99 Å². The Morgan fingerprint density at radius 3 is 2.52 bits per heavy atom. The molecule has 0 aromatic rings. The molecule has 1 unspecified atom stereocenters. The molecule has 2 rings (SSSR count). The van der Waals surface area contributed by atoms with Crippen LogP contribution < -0.4 is 5.32 Å². The Morgan fingerprint density at radius 1 is 1.26 bits per heavy atom. The Kier molecular flexibility index (Phi) is 7.15. The number of aliphatic imine (C=N–C) groups is 1. The highest BCUT2D eigenvalue weighted by atomic mass is 16.5. The molecule has 2 saturated heterocycles. The van der Waals surface area contributed by atoms with E-state index in [0.717, 1.165) is 70.5 Å². The van der Waals surface area contributed by atoms with Crippen molar-refractivity contribution < 1.29 is 9.53 Å². The molecule has 0 aliphatic carbocycles. The molecule has 0 radical (unpaired) electrons. The van der Waals surface area contributed by atoms with Gasteiger partial charge >= 0.3 is 0 Å². The molecule has 0 bridgehead atoms. The normalized spacial score (nSPS) is 22.8. The number of hydrogen-bond donors (Lipinski definition) is 1. The smallest absolute Gasteiger partial charge is 0.251 e. The van der Waals surface area contributed by atoms with Crippen molar-refractivity contribution in [3.8, 4) is 0 Å². The fraction of sp³-hybridized carbons (Fsp3) is 0.882. The summed E-state index contributed by atoms with van der Waals surface area (Å²) in [6.07, 6.45) is 4.07. The summed E-state index contributed by atoms with van der Waals surface area (Å²) < 4.78 is 5.51. The minimum absolute atomic E-state index is 0.169. The Hall–Kier alpha value is -1.30. The van der Waals surface area contributed by atoms with Crippen molar-refractivity contribution in [1.82, 2.24) is 15.1 Å². The Balaban J connectivity index is 1.72. The van der Waals surface area contributed by atoms with E-state index >= 15 is 0 Å². The van der Waals surface area contributed by atoms with Gasteiger partial charge in [-0.05, 0) is 31.6 Å². The van der Waals surface area contributed by atoms with E-state index < -0.39 is 0 Å². The van der Waals surface area contributed by atoms with Gasteiger partial charge in [0.05, 0.1) is 0 Å². The fourth-order valence-electron chi connectivity index (χ4n) is 3.16. The maximum atomic E-state index is 12.4. The van der Waals surface area contributed by atoms with Crippen molar-refractivity contribution in [2.75, 3.05) is 46.4 Å². The van der Waals surface area contributed by atoms with Crippen LogP contribution in [0.1, 0.15) is 39.5 Å². The van der Waals surface area contributed by atoms with E-state index in [0.29, 0.717) is 0 Å². The lowest BCUT2D eigenvalue weighted by molar-refractivity contribution is -0.142. The summed E-state index contributed by atoms with van der Waals surface area (Å²) in [7, 11) is 1.83. The van der Waals surface area contributed by atoms with Gasteiger partial charge < -0.3 is 19.9 Å². The zero-order valence-corrected chi connectivity index (χ0v) is 14.9. The van der Waals surface area contributed by atoms with Crippen molar-refractivity contribution in [3.05, 3.63) is 0 Å². The molecule has 2 fully saturated rings.